The van der Waals surface area contributed by atoms with E-state index in [0.717, 1.165) is 16.9 Å². The predicted octanol–water partition coefficient (Wildman–Crippen LogP) is 3.07. The number of amides is 2. The monoisotopic (exact) mass is 401 g/mol. The molecule has 0 aliphatic heterocycles. The minimum atomic E-state index is -0.641. The van der Waals surface area contributed by atoms with Crippen molar-refractivity contribution in [2.24, 2.45) is 5.73 Å². The number of esters is 1. The number of hydrogen-bond donors (Lipinski definition) is 2. The smallest absolute Gasteiger partial charge is 0.350 e. The fraction of sp³-hybridized carbons (Fsp3) is 0.111. The summed E-state index contributed by atoms with van der Waals surface area (Å²) < 4.78 is 5.08. The zero-order chi connectivity index (χ0) is 19.4. The molecule has 3 aromatic rings. The average molecular weight is 401 g/mol. The van der Waals surface area contributed by atoms with Crippen LogP contribution in [0.15, 0.2) is 41.8 Å². The van der Waals surface area contributed by atoms with Gasteiger partial charge in [-0.25, -0.2) is 9.78 Å². The lowest BCUT2D eigenvalue weighted by Crippen LogP contribution is -2.22. The van der Waals surface area contributed by atoms with Gasteiger partial charge in [-0.3, -0.25) is 9.59 Å². The summed E-state index contributed by atoms with van der Waals surface area (Å²) in [6.45, 7) is 1.23. The Morgan fingerprint density at radius 3 is 2.63 bits per heavy atom. The van der Waals surface area contributed by atoms with E-state index in [9.17, 15) is 14.4 Å². The lowest BCUT2D eigenvalue weighted by molar-refractivity contribution is -0.119. The molecule has 2 aromatic heterocycles. The summed E-state index contributed by atoms with van der Waals surface area (Å²) in [5.41, 5.74) is 6.88. The molecular weight excluding hydrogens is 386 g/mol. The van der Waals surface area contributed by atoms with Crippen molar-refractivity contribution in [3.8, 4) is 10.6 Å². The SMILES string of the molecule is Cc1nc(-c2ccccc2)sc1C(=O)OCC(=O)Nc1sccc1C(N)=O. The standard InChI is InChI=1S/C18H15N3O4S2/c1-10-14(27-16(20-10)11-5-3-2-4-6-11)18(24)25-9-13(22)21-17-12(15(19)23)7-8-26-17/h2-8H,9H2,1H3,(H2,19,23)(H,21,22). The Kier molecular flexibility index (Phi) is 5.63. The molecule has 2 amide bonds. The van der Waals surface area contributed by atoms with Crippen molar-refractivity contribution in [1.82, 2.24) is 4.98 Å². The Labute approximate surface area is 162 Å². The number of nitrogens with two attached hydrogens (primary N) is 1. The maximum Gasteiger partial charge on any atom is 0.350 e. The number of nitrogens with one attached hydrogen (secondary N) is 1. The van der Waals surface area contributed by atoms with Gasteiger partial charge in [-0.05, 0) is 18.4 Å². The molecule has 0 atom stereocenters. The van der Waals surface area contributed by atoms with Crippen LogP contribution in [0.1, 0.15) is 25.7 Å². The first-order valence-electron chi connectivity index (χ1n) is 7.83. The van der Waals surface area contributed by atoms with Crippen molar-refractivity contribution in [2.75, 3.05) is 11.9 Å². The van der Waals surface area contributed by atoms with Gasteiger partial charge in [0.15, 0.2) is 6.61 Å². The molecule has 3 rings (SSSR count). The fourth-order valence-electron chi connectivity index (χ4n) is 2.25. The summed E-state index contributed by atoms with van der Waals surface area (Å²) in [6.07, 6.45) is 0. The molecule has 7 nitrogen and oxygen atoms in total. The second-order valence-corrected chi connectivity index (χ2v) is 7.37. The minimum Gasteiger partial charge on any atom is -0.451 e. The molecule has 0 bridgehead atoms. The van der Waals surface area contributed by atoms with E-state index in [1.807, 2.05) is 30.3 Å². The van der Waals surface area contributed by atoms with Crippen molar-refractivity contribution < 1.29 is 19.1 Å². The van der Waals surface area contributed by atoms with E-state index < -0.39 is 24.4 Å². The number of carbonyl (C=O) groups excluding carboxylic acids is 3. The minimum absolute atomic E-state index is 0.213. The first-order valence-corrected chi connectivity index (χ1v) is 9.52. The molecule has 27 heavy (non-hydrogen) atoms. The van der Waals surface area contributed by atoms with Gasteiger partial charge >= 0.3 is 5.97 Å². The number of aryl methyl sites for hydroxylation is 1. The highest BCUT2D eigenvalue weighted by Crippen LogP contribution is 2.28. The summed E-state index contributed by atoms with van der Waals surface area (Å²) >= 11 is 2.37. The predicted molar refractivity (Wildman–Crippen MR) is 104 cm³/mol. The maximum atomic E-state index is 12.3. The van der Waals surface area contributed by atoms with Crippen LogP contribution in [0, 0.1) is 6.92 Å². The van der Waals surface area contributed by atoms with Crippen LogP contribution in [-0.2, 0) is 9.53 Å². The molecule has 0 aliphatic carbocycles. The highest BCUT2D eigenvalue weighted by atomic mass is 32.1. The van der Waals surface area contributed by atoms with Crippen LogP contribution in [-0.4, -0.2) is 29.4 Å². The van der Waals surface area contributed by atoms with Crippen LogP contribution in [0.4, 0.5) is 5.00 Å². The first kappa shape index (κ1) is 18.7. The molecular formula is C18H15N3O4S2. The lowest BCUT2D eigenvalue weighted by Gasteiger charge is -2.05. The molecule has 0 unspecified atom stereocenters. The van der Waals surface area contributed by atoms with Crippen LogP contribution < -0.4 is 11.1 Å². The molecule has 9 heteroatoms. The molecule has 2 heterocycles. The van der Waals surface area contributed by atoms with Gasteiger partial charge in [0.1, 0.15) is 14.9 Å². The van der Waals surface area contributed by atoms with E-state index in [-0.39, 0.29) is 5.56 Å². The van der Waals surface area contributed by atoms with Crippen molar-refractivity contribution in [3.63, 3.8) is 0 Å². The summed E-state index contributed by atoms with van der Waals surface area (Å²) in [4.78, 5) is 40.3. The summed E-state index contributed by atoms with van der Waals surface area (Å²) in [7, 11) is 0. The van der Waals surface area contributed by atoms with Gasteiger partial charge in [0.25, 0.3) is 11.8 Å². The zero-order valence-electron chi connectivity index (χ0n) is 14.2. The fourth-order valence-corrected chi connectivity index (χ4v) is 4.02. The number of thiazole rings is 1. The van der Waals surface area contributed by atoms with Gasteiger partial charge in [0.05, 0.1) is 11.3 Å². The Morgan fingerprint density at radius 1 is 1.19 bits per heavy atom. The van der Waals surface area contributed by atoms with Gasteiger partial charge in [-0.15, -0.1) is 22.7 Å². The first-order chi connectivity index (χ1) is 13.0. The molecule has 138 valence electrons. The Balaban J connectivity index is 1.62. The summed E-state index contributed by atoms with van der Waals surface area (Å²) in [5.74, 6) is -1.82. The van der Waals surface area contributed by atoms with Crippen LogP contribution in [0.3, 0.4) is 0 Å². The number of aromatic nitrogens is 1. The van der Waals surface area contributed by atoms with E-state index in [4.69, 9.17) is 10.5 Å². The third-order valence-corrected chi connectivity index (χ3v) is 5.54. The lowest BCUT2D eigenvalue weighted by atomic mass is 10.2. The average Bonchev–Trinajstić information content (AvgIpc) is 3.27. The number of carbonyl (C=O) groups is 3. The number of primary amides is 1. The Hall–Kier alpha value is -3.04. The third-order valence-electron chi connectivity index (χ3n) is 3.52. The van der Waals surface area contributed by atoms with E-state index in [0.29, 0.717) is 20.6 Å². The largest absolute Gasteiger partial charge is 0.451 e. The van der Waals surface area contributed by atoms with E-state index in [1.165, 1.54) is 17.4 Å². The number of thiophene rings is 1. The van der Waals surface area contributed by atoms with Gasteiger partial charge < -0.3 is 15.8 Å². The second-order valence-electron chi connectivity index (χ2n) is 5.45. The van der Waals surface area contributed by atoms with Crippen LogP contribution >= 0.6 is 22.7 Å². The maximum absolute atomic E-state index is 12.3. The number of ether oxygens (including phenoxy) is 1. The number of rotatable bonds is 6. The highest BCUT2D eigenvalue weighted by molar-refractivity contribution is 7.17. The molecule has 0 spiro atoms. The molecule has 3 N–H and O–H groups in total. The quantitative estimate of drug-likeness (QED) is 0.617. The number of hydrogen-bond acceptors (Lipinski definition) is 7. The van der Waals surface area contributed by atoms with Crippen LogP contribution in [0.2, 0.25) is 0 Å². The van der Waals surface area contributed by atoms with E-state index >= 15 is 0 Å². The molecule has 0 aliphatic rings. The molecule has 1 aromatic carbocycles. The van der Waals surface area contributed by atoms with Gasteiger partial charge in [0.2, 0.25) is 0 Å². The normalized spacial score (nSPS) is 10.4. The van der Waals surface area contributed by atoms with Gasteiger partial charge in [-0.1, -0.05) is 30.3 Å². The molecule has 0 radical (unpaired) electrons. The summed E-state index contributed by atoms with van der Waals surface area (Å²) in [6, 6.07) is 11.0. The van der Waals surface area contributed by atoms with Gasteiger partial charge in [0, 0.05) is 5.56 Å². The number of nitrogens with zero attached hydrogens (tertiary/aromatic N) is 1. The summed E-state index contributed by atoms with van der Waals surface area (Å²) in [5, 5.41) is 5.17. The van der Waals surface area contributed by atoms with Gasteiger partial charge in [-0.2, -0.15) is 0 Å². The third kappa shape index (κ3) is 4.39. The molecule has 0 saturated carbocycles. The van der Waals surface area contributed by atoms with E-state index in [1.54, 1.807) is 12.3 Å². The highest BCUT2D eigenvalue weighted by Gasteiger charge is 2.19. The Morgan fingerprint density at radius 2 is 1.93 bits per heavy atom. The van der Waals surface area contributed by atoms with Crippen LogP contribution in [0.5, 0.6) is 0 Å². The number of benzene rings is 1. The van der Waals surface area contributed by atoms with Crippen molar-refractivity contribution in [2.45, 2.75) is 6.92 Å². The number of anilines is 1. The second kappa shape index (κ2) is 8.11. The zero-order valence-corrected chi connectivity index (χ0v) is 15.9. The van der Waals surface area contributed by atoms with E-state index in [2.05, 4.69) is 10.3 Å². The van der Waals surface area contributed by atoms with Crippen molar-refractivity contribution >= 4 is 45.5 Å². The van der Waals surface area contributed by atoms with Crippen LogP contribution in [0.25, 0.3) is 10.6 Å². The van der Waals surface area contributed by atoms with Crippen molar-refractivity contribution in [3.05, 3.63) is 57.9 Å². The topological polar surface area (TPSA) is 111 Å². The Bertz CT molecular complexity index is 995. The molecule has 0 fully saturated rings. The molecule has 0 saturated heterocycles. The van der Waals surface area contributed by atoms with Crippen molar-refractivity contribution in [1.29, 1.82) is 0 Å².